The van der Waals surface area contributed by atoms with Crippen LogP contribution >= 0.6 is 0 Å². The van der Waals surface area contributed by atoms with Gasteiger partial charge in [-0.05, 0) is 45.4 Å². The summed E-state index contributed by atoms with van der Waals surface area (Å²) in [5.74, 6) is -1.99. The van der Waals surface area contributed by atoms with Gasteiger partial charge in [0.1, 0.15) is 11.6 Å². The summed E-state index contributed by atoms with van der Waals surface area (Å²) >= 11 is 0. The molecule has 4 aliphatic heterocycles. The van der Waals surface area contributed by atoms with Crippen molar-refractivity contribution in [1.29, 1.82) is 0 Å². The zero-order chi connectivity index (χ0) is 26.7. The maximum atomic E-state index is 14.5. The van der Waals surface area contributed by atoms with E-state index in [2.05, 4.69) is 34.6 Å². The van der Waals surface area contributed by atoms with Gasteiger partial charge in [-0.2, -0.15) is 0 Å². The van der Waals surface area contributed by atoms with Crippen molar-refractivity contribution in [2.45, 2.75) is 83.6 Å². The Hall–Kier alpha value is -2.19. The maximum Gasteiger partial charge on any atom is 0.249 e. The van der Waals surface area contributed by atoms with Gasteiger partial charge in [-0.1, -0.05) is 45.1 Å². The van der Waals surface area contributed by atoms with Crippen LogP contribution in [0.5, 0.6) is 0 Å². The molecule has 5 atom stereocenters. The van der Waals surface area contributed by atoms with Gasteiger partial charge in [0.25, 0.3) is 0 Å². The number of unbranched alkanes of at least 4 members (excludes halogenated alkanes) is 1. The average Bonchev–Trinajstić information content (AvgIpc) is 3.01. The molecule has 8 heteroatoms. The normalized spacial score (nSPS) is 34.6. The molecule has 4 heterocycles. The van der Waals surface area contributed by atoms with Crippen molar-refractivity contribution >= 4 is 17.7 Å². The molecule has 1 N–H and O–H groups in total. The zero-order valence-corrected chi connectivity index (χ0v) is 22.9. The fraction of sp³-hybridized carbons (Fsp3) is 0.750. The van der Waals surface area contributed by atoms with Gasteiger partial charge >= 0.3 is 0 Å². The van der Waals surface area contributed by atoms with Gasteiger partial charge in [0.05, 0.1) is 17.4 Å². The number of ether oxygens (including phenoxy) is 1. The zero-order valence-electron chi connectivity index (χ0n) is 22.9. The molecule has 1 spiro atoms. The van der Waals surface area contributed by atoms with Crippen LogP contribution in [0.2, 0.25) is 0 Å². The molecule has 1 unspecified atom stereocenters. The summed E-state index contributed by atoms with van der Waals surface area (Å²) in [6.07, 6.45) is 9.55. The first-order valence-corrected chi connectivity index (χ1v) is 13.2. The number of rotatable bonds is 6. The number of hydrogen-bond acceptors (Lipinski definition) is 5. The lowest BCUT2D eigenvalue weighted by atomic mass is 9.74. The summed E-state index contributed by atoms with van der Waals surface area (Å²) in [6.45, 7) is 13.7. The first-order chi connectivity index (χ1) is 16.7. The summed E-state index contributed by atoms with van der Waals surface area (Å²) in [5.41, 5.74) is -2.67. The van der Waals surface area contributed by atoms with Crippen LogP contribution in [-0.2, 0) is 19.1 Å². The van der Waals surface area contributed by atoms with E-state index in [4.69, 9.17) is 4.74 Å². The van der Waals surface area contributed by atoms with Crippen LogP contribution in [-0.4, -0.2) is 93.6 Å². The SMILES string of the molecule is CN1CC=C[C@]2(C)O[C@]34C=CCN(C(C)(C)CC(C)(C)C)C(=O)C3N(CCCCO)C(=O)[C@@H]4[C@@H]2C1=O. The number of likely N-dealkylation sites (tertiary alicyclic amines) is 1. The molecule has 0 aliphatic carbocycles. The molecule has 36 heavy (non-hydrogen) atoms. The minimum atomic E-state index is -1.22. The molecule has 3 amide bonds. The van der Waals surface area contributed by atoms with E-state index < -0.39 is 34.6 Å². The van der Waals surface area contributed by atoms with Crippen molar-refractivity contribution < 1.29 is 24.2 Å². The van der Waals surface area contributed by atoms with Crippen molar-refractivity contribution in [3.63, 3.8) is 0 Å². The molecule has 0 bridgehead atoms. The first kappa shape index (κ1) is 26.9. The molecular formula is C28H43N3O5. The van der Waals surface area contributed by atoms with Crippen LogP contribution < -0.4 is 0 Å². The van der Waals surface area contributed by atoms with Crippen LogP contribution in [0.15, 0.2) is 24.3 Å². The van der Waals surface area contributed by atoms with Crippen molar-refractivity contribution in [1.82, 2.24) is 14.7 Å². The highest BCUT2D eigenvalue weighted by molar-refractivity contribution is 6.00. The van der Waals surface area contributed by atoms with Gasteiger partial charge in [0.2, 0.25) is 17.7 Å². The fourth-order valence-electron chi connectivity index (χ4n) is 7.21. The highest BCUT2D eigenvalue weighted by Gasteiger charge is 2.74. The Morgan fingerprint density at radius 2 is 1.64 bits per heavy atom. The molecule has 0 radical (unpaired) electrons. The predicted octanol–water partition coefficient (Wildman–Crippen LogP) is 2.37. The van der Waals surface area contributed by atoms with E-state index in [-0.39, 0.29) is 29.7 Å². The number of carbonyl (C=O) groups is 3. The van der Waals surface area contributed by atoms with Gasteiger partial charge < -0.3 is 24.5 Å². The van der Waals surface area contributed by atoms with E-state index in [0.717, 1.165) is 6.42 Å². The Bertz CT molecular complexity index is 982. The Morgan fingerprint density at radius 3 is 2.28 bits per heavy atom. The number of nitrogens with zero attached hydrogens (tertiary/aromatic N) is 3. The highest BCUT2D eigenvalue weighted by Crippen LogP contribution is 2.57. The Labute approximate surface area is 215 Å². The molecule has 200 valence electrons. The molecule has 0 aromatic carbocycles. The van der Waals surface area contributed by atoms with Crippen LogP contribution in [0.1, 0.15) is 60.8 Å². The second-order valence-electron chi connectivity index (χ2n) is 13.0. The van der Waals surface area contributed by atoms with Crippen LogP contribution in [0.4, 0.5) is 0 Å². The van der Waals surface area contributed by atoms with E-state index in [0.29, 0.717) is 32.5 Å². The number of fused-ring (bicyclic) bond motifs is 2. The molecule has 4 aliphatic rings. The molecule has 2 fully saturated rings. The van der Waals surface area contributed by atoms with E-state index in [1.165, 1.54) is 0 Å². The van der Waals surface area contributed by atoms with Crippen molar-refractivity contribution in [3.05, 3.63) is 24.3 Å². The Morgan fingerprint density at radius 1 is 0.972 bits per heavy atom. The maximum absolute atomic E-state index is 14.5. The van der Waals surface area contributed by atoms with Gasteiger partial charge in [-0.25, -0.2) is 0 Å². The fourth-order valence-corrected chi connectivity index (χ4v) is 7.21. The lowest BCUT2D eigenvalue weighted by molar-refractivity contribution is -0.156. The number of likely N-dealkylation sites (N-methyl/N-ethyl adjacent to an activating group) is 1. The summed E-state index contributed by atoms with van der Waals surface area (Å²) in [5, 5.41) is 9.36. The van der Waals surface area contributed by atoms with Crippen LogP contribution in [0.3, 0.4) is 0 Å². The average molecular weight is 502 g/mol. The third-order valence-electron chi connectivity index (χ3n) is 8.26. The summed E-state index contributed by atoms with van der Waals surface area (Å²) in [4.78, 5) is 47.3. The molecule has 0 aromatic rings. The van der Waals surface area contributed by atoms with Crippen LogP contribution in [0, 0.1) is 17.3 Å². The van der Waals surface area contributed by atoms with E-state index in [1.54, 1.807) is 16.8 Å². The quantitative estimate of drug-likeness (QED) is 0.446. The second kappa shape index (κ2) is 8.98. The summed E-state index contributed by atoms with van der Waals surface area (Å²) in [6, 6.07) is -0.859. The lowest BCUT2D eigenvalue weighted by Gasteiger charge is -2.44. The largest absolute Gasteiger partial charge is 0.396 e. The number of aliphatic hydroxyl groups excluding tert-OH is 1. The third-order valence-corrected chi connectivity index (χ3v) is 8.26. The summed E-state index contributed by atoms with van der Waals surface area (Å²) in [7, 11) is 1.74. The molecular weight excluding hydrogens is 458 g/mol. The molecule has 0 saturated carbocycles. The smallest absolute Gasteiger partial charge is 0.249 e. The lowest BCUT2D eigenvalue weighted by Crippen LogP contribution is -2.60. The van der Waals surface area contributed by atoms with E-state index in [1.807, 2.05) is 36.1 Å². The number of hydrogen-bond donors (Lipinski definition) is 1. The Kier molecular flexibility index (Phi) is 6.70. The van der Waals surface area contributed by atoms with Crippen molar-refractivity contribution in [2.24, 2.45) is 17.3 Å². The minimum absolute atomic E-state index is 0.00133. The second-order valence-corrected chi connectivity index (χ2v) is 13.0. The van der Waals surface area contributed by atoms with E-state index >= 15 is 0 Å². The topological polar surface area (TPSA) is 90.4 Å². The molecule has 4 rings (SSSR count). The third kappa shape index (κ3) is 4.20. The van der Waals surface area contributed by atoms with Gasteiger partial charge in [0, 0.05) is 38.8 Å². The molecule has 8 nitrogen and oxygen atoms in total. The molecule has 2 saturated heterocycles. The Balaban J connectivity index is 1.82. The highest BCUT2D eigenvalue weighted by atomic mass is 16.5. The predicted molar refractivity (Wildman–Crippen MR) is 137 cm³/mol. The van der Waals surface area contributed by atoms with Crippen molar-refractivity contribution in [3.8, 4) is 0 Å². The number of aliphatic hydroxyl groups is 1. The van der Waals surface area contributed by atoms with Crippen molar-refractivity contribution in [2.75, 3.05) is 33.3 Å². The monoisotopic (exact) mass is 501 g/mol. The molecule has 0 aromatic heterocycles. The standard InChI is InChI=1S/C28H43N3O5/c1-25(2,3)18-26(4,5)31-16-11-13-28-20(19-22(33)29(7)14-10-12-27(19,6)36-28)23(34)30(15-8-9-17-32)21(28)24(31)35/h10-13,19-21,32H,8-9,14-18H2,1-7H3/t19-,20+,21?,27+,28+/m1/s1. The minimum Gasteiger partial charge on any atom is -0.396 e. The van der Waals surface area contributed by atoms with Gasteiger partial charge in [0.15, 0.2) is 0 Å². The van der Waals surface area contributed by atoms with E-state index in [9.17, 15) is 19.5 Å². The number of amides is 3. The summed E-state index contributed by atoms with van der Waals surface area (Å²) < 4.78 is 6.81. The van der Waals surface area contributed by atoms with Gasteiger partial charge in [-0.3, -0.25) is 14.4 Å². The van der Waals surface area contributed by atoms with Crippen LogP contribution in [0.25, 0.3) is 0 Å². The number of carbonyl (C=O) groups excluding carboxylic acids is 3. The van der Waals surface area contributed by atoms with Gasteiger partial charge in [-0.15, -0.1) is 0 Å². The first-order valence-electron chi connectivity index (χ1n) is 13.2.